The Bertz CT molecular complexity index is 636. The normalized spacial score (nSPS) is 35.4. The summed E-state index contributed by atoms with van der Waals surface area (Å²) in [6, 6.07) is 8.42. The van der Waals surface area contributed by atoms with Crippen molar-refractivity contribution >= 4 is 5.91 Å². The molecule has 0 saturated carbocycles. The quantitative estimate of drug-likeness (QED) is 0.484. The number of rotatable bonds is 3. The lowest BCUT2D eigenvalue weighted by Crippen LogP contribution is -2.65. The zero-order chi connectivity index (χ0) is 17.1. The fourth-order valence-corrected chi connectivity index (χ4v) is 2.93. The minimum atomic E-state index is -1.10. The first-order chi connectivity index (χ1) is 11.6. The molecule has 9 nitrogen and oxygen atoms in total. The molecule has 6 atom stereocenters. The first kappa shape index (κ1) is 16.7. The van der Waals surface area contributed by atoms with Crippen molar-refractivity contribution in [2.45, 2.75) is 43.8 Å². The SMILES string of the molecule is CC(=O)N[C@H]1[C@H](O)[C@@H]2O[C@@H](c3ccccc3)OC[C@H]2O[C@H]1N=[N+]=[N-]. The third-order valence-electron chi connectivity index (χ3n) is 3.99. The van der Waals surface area contributed by atoms with Crippen molar-refractivity contribution in [3.05, 3.63) is 46.3 Å². The molecule has 9 heteroatoms. The Morgan fingerprint density at radius 3 is 2.79 bits per heavy atom. The first-order valence-corrected chi connectivity index (χ1v) is 7.57. The van der Waals surface area contributed by atoms with E-state index in [1.807, 2.05) is 30.3 Å². The van der Waals surface area contributed by atoms with Gasteiger partial charge in [0.15, 0.2) is 12.5 Å². The van der Waals surface area contributed by atoms with E-state index in [0.717, 1.165) is 5.56 Å². The lowest BCUT2D eigenvalue weighted by Gasteiger charge is -2.47. The molecule has 0 bridgehead atoms. The summed E-state index contributed by atoms with van der Waals surface area (Å²) in [5.74, 6) is -0.370. The van der Waals surface area contributed by atoms with Crippen molar-refractivity contribution in [2.75, 3.05) is 6.61 Å². The van der Waals surface area contributed by atoms with Crippen LogP contribution >= 0.6 is 0 Å². The summed E-state index contributed by atoms with van der Waals surface area (Å²) in [5.41, 5.74) is 9.48. The Morgan fingerprint density at radius 1 is 1.38 bits per heavy atom. The number of carbonyl (C=O) groups is 1. The standard InChI is InChI=1S/C15H18N4O5/c1-8(20)17-11-12(21)13-10(23-14(11)18-19-16)7-22-15(24-13)9-5-3-2-4-6-9/h2-6,10-15,21H,7H2,1H3,(H,17,20)/t10-,11+,12+,13-,14-,15+/m1/s1. The van der Waals surface area contributed by atoms with E-state index < -0.39 is 36.9 Å². The predicted molar refractivity (Wildman–Crippen MR) is 81.4 cm³/mol. The smallest absolute Gasteiger partial charge is 0.217 e. The third kappa shape index (κ3) is 3.35. The van der Waals surface area contributed by atoms with Crippen LogP contribution in [0.5, 0.6) is 0 Å². The highest BCUT2D eigenvalue weighted by atomic mass is 16.7. The highest BCUT2D eigenvalue weighted by Gasteiger charge is 2.49. The van der Waals surface area contributed by atoms with Crippen LogP contribution in [0, 0.1) is 0 Å². The molecular formula is C15H18N4O5. The van der Waals surface area contributed by atoms with Gasteiger partial charge in [-0.1, -0.05) is 35.4 Å². The van der Waals surface area contributed by atoms with E-state index in [1.54, 1.807) is 0 Å². The maximum Gasteiger partial charge on any atom is 0.217 e. The second-order valence-electron chi connectivity index (χ2n) is 5.66. The van der Waals surface area contributed by atoms with Gasteiger partial charge in [0.1, 0.15) is 18.3 Å². The van der Waals surface area contributed by atoms with Gasteiger partial charge in [-0.05, 0) is 5.53 Å². The second kappa shape index (κ2) is 7.16. The highest BCUT2D eigenvalue weighted by molar-refractivity contribution is 5.73. The molecule has 0 aromatic heterocycles. The first-order valence-electron chi connectivity index (χ1n) is 7.57. The number of nitrogens with zero attached hydrogens (tertiary/aromatic N) is 3. The average Bonchev–Trinajstić information content (AvgIpc) is 2.59. The van der Waals surface area contributed by atoms with Crippen LogP contribution in [0.2, 0.25) is 0 Å². The number of amides is 1. The van der Waals surface area contributed by atoms with E-state index in [4.69, 9.17) is 19.7 Å². The summed E-state index contributed by atoms with van der Waals surface area (Å²) in [4.78, 5) is 14.1. The number of carbonyl (C=O) groups excluding carboxylic acids is 1. The molecule has 2 fully saturated rings. The van der Waals surface area contributed by atoms with Crippen molar-refractivity contribution in [1.82, 2.24) is 5.32 Å². The predicted octanol–water partition coefficient (Wildman–Crippen LogP) is 1.00. The van der Waals surface area contributed by atoms with E-state index in [9.17, 15) is 9.90 Å². The zero-order valence-electron chi connectivity index (χ0n) is 13.0. The Labute approximate surface area is 138 Å². The van der Waals surface area contributed by atoms with Crippen molar-refractivity contribution in [3.63, 3.8) is 0 Å². The summed E-state index contributed by atoms with van der Waals surface area (Å²) in [7, 11) is 0. The van der Waals surface area contributed by atoms with E-state index in [-0.39, 0.29) is 12.5 Å². The molecule has 0 radical (unpaired) electrons. The van der Waals surface area contributed by atoms with Crippen LogP contribution in [0.4, 0.5) is 0 Å². The van der Waals surface area contributed by atoms with Crippen molar-refractivity contribution in [1.29, 1.82) is 0 Å². The second-order valence-corrected chi connectivity index (χ2v) is 5.66. The number of azide groups is 1. The van der Waals surface area contributed by atoms with Crippen LogP contribution in [0.15, 0.2) is 35.4 Å². The van der Waals surface area contributed by atoms with Crippen molar-refractivity contribution < 1.29 is 24.1 Å². The Kier molecular flexibility index (Phi) is 4.98. The molecule has 1 amide bonds. The molecule has 1 aromatic rings. The van der Waals surface area contributed by atoms with E-state index in [0.29, 0.717) is 0 Å². The summed E-state index contributed by atoms with van der Waals surface area (Å²) >= 11 is 0. The molecule has 2 aliphatic rings. The Balaban J connectivity index is 1.79. The molecule has 0 aliphatic carbocycles. The van der Waals surface area contributed by atoms with Gasteiger partial charge in [-0.2, -0.15) is 0 Å². The van der Waals surface area contributed by atoms with Gasteiger partial charge in [-0.3, -0.25) is 4.79 Å². The lowest BCUT2D eigenvalue weighted by atomic mass is 9.95. The minimum Gasteiger partial charge on any atom is -0.388 e. The van der Waals surface area contributed by atoms with Crippen LogP contribution in [0.25, 0.3) is 10.4 Å². The summed E-state index contributed by atoms with van der Waals surface area (Å²) in [6.07, 6.45) is -4.08. The van der Waals surface area contributed by atoms with Gasteiger partial charge in [0.2, 0.25) is 5.91 Å². The Morgan fingerprint density at radius 2 is 2.12 bits per heavy atom. The number of hydrogen-bond acceptors (Lipinski definition) is 6. The Hall–Kier alpha value is -2.16. The maximum absolute atomic E-state index is 11.4. The van der Waals surface area contributed by atoms with E-state index in [2.05, 4.69) is 15.3 Å². The number of aliphatic hydroxyl groups excluding tert-OH is 1. The molecular weight excluding hydrogens is 316 g/mol. The number of ether oxygens (including phenoxy) is 3. The molecule has 24 heavy (non-hydrogen) atoms. The third-order valence-corrected chi connectivity index (χ3v) is 3.99. The number of benzene rings is 1. The van der Waals surface area contributed by atoms with Gasteiger partial charge < -0.3 is 24.6 Å². The van der Waals surface area contributed by atoms with Crippen LogP contribution < -0.4 is 5.32 Å². The van der Waals surface area contributed by atoms with Gasteiger partial charge in [-0.25, -0.2) is 0 Å². The van der Waals surface area contributed by atoms with E-state index >= 15 is 0 Å². The fourth-order valence-electron chi connectivity index (χ4n) is 2.93. The maximum atomic E-state index is 11.4. The van der Waals surface area contributed by atoms with Crippen molar-refractivity contribution in [3.8, 4) is 0 Å². The number of hydrogen-bond donors (Lipinski definition) is 2. The average molecular weight is 334 g/mol. The van der Waals surface area contributed by atoms with Crippen molar-refractivity contribution in [2.24, 2.45) is 5.11 Å². The van der Waals surface area contributed by atoms with Gasteiger partial charge >= 0.3 is 0 Å². The zero-order valence-corrected chi connectivity index (χ0v) is 13.0. The molecule has 2 saturated heterocycles. The summed E-state index contributed by atoms with van der Waals surface area (Å²) in [5, 5.41) is 16.7. The van der Waals surface area contributed by atoms with E-state index in [1.165, 1.54) is 6.92 Å². The monoisotopic (exact) mass is 334 g/mol. The number of nitrogens with one attached hydrogen (secondary N) is 1. The van der Waals surface area contributed by atoms with Crippen LogP contribution in [0.1, 0.15) is 18.8 Å². The molecule has 0 unspecified atom stereocenters. The molecule has 128 valence electrons. The molecule has 2 aliphatic heterocycles. The van der Waals surface area contributed by atoms with Gasteiger partial charge in [-0.15, -0.1) is 0 Å². The fraction of sp³-hybridized carbons (Fsp3) is 0.533. The number of aliphatic hydroxyl groups is 1. The minimum absolute atomic E-state index is 0.172. The molecule has 3 rings (SSSR count). The summed E-state index contributed by atoms with van der Waals surface area (Å²) in [6.45, 7) is 1.48. The van der Waals surface area contributed by atoms with Gasteiger partial charge in [0.25, 0.3) is 0 Å². The highest BCUT2D eigenvalue weighted by Crippen LogP contribution is 2.34. The topological polar surface area (TPSA) is 126 Å². The summed E-state index contributed by atoms with van der Waals surface area (Å²) < 4.78 is 17.1. The van der Waals surface area contributed by atoms with Gasteiger partial charge in [0, 0.05) is 17.4 Å². The van der Waals surface area contributed by atoms with Crippen LogP contribution in [0.3, 0.4) is 0 Å². The molecule has 2 heterocycles. The largest absolute Gasteiger partial charge is 0.388 e. The molecule has 0 spiro atoms. The van der Waals surface area contributed by atoms with Crippen LogP contribution in [-0.4, -0.2) is 48.2 Å². The number of fused-ring (bicyclic) bond motifs is 1. The molecule has 1 aromatic carbocycles. The van der Waals surface area contributed by atoms with Gasteiger partial charge in [0.05, 0.1) is 12.6 Å². The lowest BCUT2D eigenvalue weighted by molar-refractivity contribution is -0.314. The van der Waals surface area contributed by atoms with Crippen LogP contribution in [-0.2, 0) is 19.0 Å². The molecule has 2 N–H and O–H groups in total.